The van der Waals surface area contributed by atoms with Crippen LogP contribution in [-0.4, -0.2) is 11.8 Å². The highest BCUT2D eigenvalue weighted by Gasteiger charge is 2.53. The van der Waals surface area contributed by atoms with E-state index in [1.54, 1.807) is 0 Å². The van der Waals surface area contributed by atoms with Gasteiger partial charge in [-0.05, 0) is 24.1 Å². The third kappa shape index (κ3) is 2.53. The van der Waals surface area contributed by atoms with E-state index in [2.05, 4.69) is 5.43 Å². The smallest absolute Gasteiger partial charge is 0.265 e. The monoisotopic (exact) mass is 356 g/mol. The summed E-state index contributed by atoms with van der Waals surface area (Å²) in [6, 6.07) is 25.4. The highest BCUT2D eigenvalue weighted by molar-refractivity contribution is 6.13. The molecule has 0 spiro atoms. The Morgan fingerprint density at radius 3 is 1.96 bits per heavy atom. The van der Waals surface area contributed by atoms with Crippen LogP contribution in [0.4, 0.5) is 5.69 Å². The SMILES string of the molecule is CC(=O)NN1C(=O)C(c2ccccc2)(c2ccccc2)c2cc(C)ccc21. The van der Waals surface area contributed by atoms with Crippen molar-refractivity contribution in [1.82, 2.24) is 5.43 Å². The highest BCUT2D eigenvalue weighted by Crippen LogP contribution is 2.49. The molecule has 0 saturated heterocycles. The highest BCUT2D eigenvalue weighted by atomic mass is 16.2. The Hall–Kier alpha value is -3.40. The number of anilines is 1. The van der Waals surface area contributed by atoms with Crippen LogP contribution in [0.5, 0.6) is 0 Å². The number of hydrogen-bond acceptors (Lipinski definition) is 2. The van der Waals surface area contributed by atoms with Gasteiger partial charge in [-0.1, -0.05) is 78.4 Å². The fourth-order valence-corrected chi connectivity index (χ4v) is 3.91. The number of nitrogens with zero attached hydrogens (tertiary/aromatic N) is 1. The summed E-state index contributed by atoms with van der Waals surface area (Å²) in [5.74, 6) is -0.470. The van der Waals surface area contributed by atoms with E-state index in [1.807, 2.05) is 85.8 Å². The molecule has 1 aliphatic rings. The van der Waals surface area contributed by atoms with Gasteiger partial charge in [-0.2, -0.15) is 0 Å². The summed E-state index contributed by atoms with van der Waals surface area (Å²) in [6.07, 6.45) is 0. The molecule has 0 aliphatic carbocycles. The molecule has 4 heteroatoms. The Kier molecular flexibility index (Phi) is 4.04. The van der Waals surface area contributed by atoms with Gasteiger partial charge in [0, 0.05) is 12.5 Å². The molecule has 4 rings (SSSR count). The van der Waals surface area contributed by atoms with Crippen molar-refractivity contribution < 1.29 is 9.59 Å². The number of amides is 2. The summed E-state index contributed by atoms with van der Waals surface area (Å²) in [5.41, 5.74) is 6.08. The quantitative estimate of drug-likeness (QED) is 0.777. The van der Waals surface area contributed by atoms with Crippen molar-refractivity contribution in [3.8, 4) is 0 Å². The molecule has 1 heterocycles. The Balaban J connectivity index is 2.09. The number of benzene rings is 3. The van der Waals surface area contributed by atoms with Crippen LogP contribution in [0.15, 0.2) is 78.9 Å². The number of aryl methyl sites for hydroxylation is 1. The summed E-state index contributed by atoms with van der Waals surface area (Å²) in [7, 11) is 0. The maximum absolute atomic E-state index is 13.8. The first-order valence-electron chi connectivity index (χ1n) is 8.89. The number of carbonyl (C=O) groups is 2. The molecule has 0 atom stereocenters. The number of hydrogen-bond donors (Lipinski definition) is 1. The predicted molar refractivity (Wildman–Crippen MR) is 105 cm³/mol. The van der Waals surface area contributed by atoms with Crippen LogP contribution in [-0.2, 0) is 15.0 Å². The minimum Gasteiger partial charge on any atom is -0.274 e. The summed E-state index contributed by atoms with van der Waals surface area (Å²) in [4.78, 5) is 25.6. The van der Waals surface area contributed by atoms with Gasteiger partial charge < -0.3 is 0 Å². The Morgan fingerprint density at radius 2 is 1.44 bits per heavy atom. The van der Waals surface area contributed by atoms with Crippen LogP contribution in [0.2, 0.25) is 0 Å². The van der Waals surface area contributed by atoms with E-state index in [0.717, 1.165) is 22.3 Å². The molecule has 27 heavy (non-hydrogen) atoms. The number of nitrogens with one attached hydrogen (secondary N) is 1. The van der Waals surface area contributed by atoms with Gasteiger partial charge >= 0.3 is 0 Å². The van der Waals surface area contributed by atoms with E-state index in [4.69, 9.17) is 0 Å². The molecule has 0 unspecified atom stereocenters. The van der Waals surface area contributed by atoms with Crippen molar-refractivity contribution >= 4 is 17.5 Å². The lowest BCUT2D eigenvalue weighted by Crippen LogP contribution is -2.49. The lowest BCUT2D eigenvalue weighted by atomic mass is 9.70. The van der Waals surface area contributed by atoms with Gasteiger partial charge in [-0.3, -0.25) is 15.0 Å². The van der Waals surface area contributed by atoms with Crippen LogP contribution < -0.4 is 10.4 Å². The van der Waals surface area contributed by atoms with Crippen molar-refractivity contribution in [3.05, 3.63) is 101 Å². The second-order valence-corrected chi connectivity index (χ2v) is 6.81. The van der Waals surface area contributed by atoms with Crippen LogP contribution in [0, 0.1) is 6.92 Å². The molecule has 0 saturated carbocycles. The lowest BCUT2D eigenvalue weighted by Gasteiger charge is -2.30. The maximum Gasteiger partial charge on any atom is 0.265 e. The normalized spacial score (nSPS) is 14.7. The molecule has 1 N–H and O–H groups in total. The van der Waals surface area contributed by atoms with Crippen LogP contribution >= 0.6 is 0 Å². The molecule has 4 nitrogen and oxygen atoms in total. The first kappa shape index (κ1) is 17.0. The van der Waals surface area contributed by atoms with Crippen LogP contribution in [0.1, 0.15) is 29.2 Å². The fraction of sp³-hybridized carbons (Fsp3) is 0.130. The summed E-state index contributed by atoms with van der Waals surface area (Å²) in [6.45, 7) is 3.42. The van der Waals surface area contributed by atoms with Gasteiger partial charge in [0.25, 0.3) is 5.91 Å². The first-order chi connectivity index (χ1) is 13.0. The number of hydrazine groups is 1. The first-order valence-corrected chi connectivity index (χ1v) is 8.89. The standard InChI is InChI=1S/C23H20N2O2/c1-16-13-14-21-20(15-16)23(18-9-5-3-6-10-18,19-11-7-4-8-12-19)22(27)25(21)24-17(2)26/h3-15H,1-2H3,(H,24,26). The molecule has 134 valence electrons. The molecule has 0 aromatic heterocycles. The molecule has 0 radical (unpaired) electrons. The van der Waals surface area contributed by atoms with Crippen molar-refractivity contribution in [1.29, 1.82) is 0 Å². The van der Waals surface area contributed by atoms with Gasteiger partial charge in [0.05, 0.1) is 5.69 Å². The largest absolute Gasteiger partial charge is 0.274 e. The topological polar surface area (TPSA) is 49.4 Å². The van der Waals surface area contributed by atoms with Crippen molar-refractivity contribution in [3.63, 3.8) is 0 Å². The Bertz CT molecular complexity index is 974. The fourth-order valence-electron chi connectivity index (χ4n) is 3.91. The summed E-state index contributed by atoms with van der Waals surface area (Å²) < 4.78 is 0. The van der Waals surface area contributed by atoms with Crippen LogP contribution in [0.3, 0.4) is 0 Å². The second kappa shape index (κ2) is 6.40. The van der Waals surface area contributed by atoms with Crippen molar-refractivity contribution in [2.24, 2.45) is 0 Å². The molecule has 3 aromatic rings. The summed E-state index contributed by atoms with van der Waals surface area (Å²) in [5, 5.41) is 1.39. The van der Waals surface area contributed by atoms with E-state index in [-0.39, 0.29) is 11.8 Å². The summed E-state index contributed by atoms with van der Waals surface area (Å²) >= 11 is 0. The van der Waals surface area contributed by atoms with Gasteiger partial charge in [0.1, 0.15) is 5.41 Å². The molecule has 0 fully saturated rings. The van der Waals surface area contributed by atoms with E-state index in [1.165, 1.54) is 11.9 Å². The van der Waals surface area contributed by atoms with Gasteiger partial charge in [-0.15, -0.1) is 0 Å². The average Bonchev–Trinajstić information content (AvgIpc) is 2.91. The molecular formula is C23H20N2O2. The number of rotatable bonds is 3. The van der Waals surface area contributed by atoms with E-state index in [0.29, 0.717) is 5.69 Å². The minimum absolute atomic E-state index is 0.185. The van der Waals surface area contributed by atoms with E-state index in [9.17, 15) is 9.59 Å². The third-order valence-electron chi connectivity index (χ3n) is 5.00. The number of carbonyl (C=O) groups excluding carboxylic acids is 2. The molecule has 3 aromatic carbocycles. The third-order valence-corrected chi connectivity index (χ3v) is 5.00. The van der Waals surface area contributed by atoms with Crippen molar-refractivity contribution in [2.45, 2.75) is 19.3 Å². The minimum atomic E-state index is -1.01. The van der Waals surface area contributed by atoms with Gasteiger partial charge in [-0.25, -0.2) is 5.01 Å². The molecule has 0 bridgehead atoms. The predicted octanol–water partition coefficient (Wildman–Crippen LogP) is 3.73. The molecule has 2 amide bonds. The zero-order valence-electron chi connectivity index (χ0n) is 15.3. The zero-order chi connectivity index (χ0) is 19.0. The van der Waals surface area contributed by atoms with Crippen molar-refractivity contribution in [2.75, 3.05) is 5.01 Å². The van der Waals surface area contributed by atoms with Gasteiger partial charge in [0.2, 0.25) is 5.91 Å². The van der Waals surface area contributed by atoms with E-state index >= 15 is 0 Å². The average molecular weight is 356 g/mol. The maximum atomic E-state index is 13.8. The van der Waals surface area contributed by atoms with Gasteiger partial charge in [0.15, 0.2) is 0 Å². The Labute approximate surface area is 158 Å². The lowest BCUT2D eigenvalue weighted by molar-refractivity contribution is -0.126. The Morgan fingerprint density at radius 1 is 0.889 bits per heavy atom. The number of fused-ring (bicyclic) bond motifs is 1. The molecular weight excluding hydrogens is 336 g/mol. The van der Waals surface area contributed by atoms with Crippen LogP contribution in [0.25, 0.3) is 0 Å². The second-order valence-electron chi connectivity index (χ2n) is 6.81. The van der Waals surface area contributed by atoms with E-state index < -0.39 is 5.41 Å². The molecule has 1 aliphatic heterocycles. The zero-order valence-corrected chi connectivity index (χ0v) is 15.3.